The molecule has 0 aliphatic rings. The summed E-state index contributed by atoms with van der Waals surface area (Å²) in [5.74, 6) is -0.415. The Bertz CT molecular complexity index is 849. The maximum Gasteiger partial charge on any atom is 0.420 e. The quantitative estimate of drug-likeness (QED) is 0.737. The molecule has 1 heterocycles. The summed E-state index contributed by atoms with van der Waals surface area (Å²) < 4.78 is 6.75. The molecular formula is C15H13ClN2O2. The van der Waals surface area contributed by atoms with Crippen molar-refractivity contribution in [2.75, 3.05) is 5.73 Å². The van der Waals surface area contributed by atoms with E-state index in [1.165, 1.54) is 0 Å². The zero-order chi connectivity index (χ0) is 14.3. The lowest BCUT2D eigenvalue weighted by molar-refractivity contribution is 0.518. The third kappa shape index (κ3) is 2.18. The van der Waals surface area contributed by atoms with Crippen molar-refractivity contribution in [3.63, 3.8) is 0 Å². The van der Waals surface area contributed by atoms with Gasteiger partial charge in [-0.25, -0.2) is 4.79 Å². The van der Waals surface area contributed by atoms with Gasteiger partial charge in [0, 0.05) is 16.8 Å². The van der Waals surface area contributed by atoms with Crippen molar-refractivity contribution < 1.29 is 4.42 Å². The fourth-order valence-corrected chi connectivity index (χ4v) is 2.48. The molecule has 0 spiro atoms. The molecule has 0 aliphatic heterocycles. The number of nitrogens with two attached hydrogens (primary N) is 1. The van der Waals surface area contributed by atoms with Crippen molar-refractivity contribution in [1.82, 2.24) is 4.57 Å². The molecule has 2 aromatic carbocycles. The van der Waals surface area contributed by atoms with Gasteiger partial charge in [-0.2, -0.15) is 0 Å². The molecule has 0 fully saturated rings. The summed E-state index contributed by atoms with van der Waals surface area (Å²) in [6, 6.07) is 10.9. The van der Waals surface area contributed by atoms with Crippen molar-refractivity contribution in [1.29, 1.82) is 0 Å². The second kappa shape index (κ2) is 4.72. The van der Waals surface area contributed by atoms with E-state index in [0.29, 0.717) is 28.4 Å². The number of rotatable bonds is 2. The van der Waals surface area contributed by atoms with Crippen LogP contribution in [0.15, 0.2) is 45.6 Å². The Hall–Kier alpha value is -2.20. The van der Waals surface area contributed by atoms with E-state index < -0.39 is 5.76 Å². The number of benzene rings is 2. The Morgan fingerprint density at radius 2 is 2.05 bits per heavy atom. The zero-order valence-corrected chi connectivity index (χ0v) is 11.6. The molecule has 3 aromatic rings. The van der Waals surface area contributed by atoms with E-state index in [-0.39, 0.29) is 0 Å². The van der Waals surface area contributed by atoms with Crippen LogP contribution in [0, 0.1) is 6.92 Å². The van der Waals surface area contributed by atoms with Gasteiger partial charge in [0.1, 0.15) is 0 Å². The molecular weight excluding hydrogens is 276 g/mol. The Labute approximate surface area is 120 Å². The predicted octanol–water partition coefficient (Wildman–Crippen LogP) is 3.19. The van der Waals surface area contributed by atoms with E-state index >= 15 is 0 Å². The van der Waals surface area contributed by atoms with Crippen LogP contribution < -0.4 is 11.5 Å². The lowest BCUT2D eigenvalue weighted by atomic mass is 10.1. The van der Waals surface area contributed by atoms with Gasteiger partial charge in [-0.05, 0) is 36.2 Å². The van der Waals surface area contributed by atoms with E-state index in [0.717, 1.165) is 11.1 Å². The smallest absolute Gasteiger partial charge is 0.408 e. The van der Waals surface area contributed by atoms with Crippen LogP contribution >= 0.6 is 11.6 Å². The molecule has 3 rings (SSSR count). The first-order chi connectivity index (χ1) is 9.54. The number of hydrogen-bond acceptors (Lipinski definition) is 3. The molecule has 2 N–H and O–H groups in total. The standard InChI is InChI=1S/C15H13ClN2O2/c1-9-2-3-10(12(16)6-9)8-18-13-5-4-11(17)7-14(13)20-15(18)19/h2-7H,8,17H2,1H3. The minimum absolute atomic E-state index is 0.370. The number of nitrogens with zero attached hydrogens (tertiary/aromatic N) is 1. The normalized spacial score (nSPS) is 11.1. The molecule has 102 valence electrons. The van der Waals surface area contributed by atoms with Crippen LogP contribution in [0.25, 0.3) is 11.1 Å². The summed E-state index contributed by atoms with van der Waals surface area (Å²) in [6.07, 6.45) is 0. The minimum Gasteiger partial charge on any atom is -0.408 e. The van der Waals surface area contributed by atoms with Crippen LogP contribution in [0.3, 0.4) is 0 Å². The zero-order valence-electron chi connectivity index (χ0n) is 10.9. The highest BCUT2D eigenvalue weighted by Crippen LogP contribution is 2.21. The van der Waals surface area contributed by atoms with Crippen molar-refractivity contribution in [2.45, 2.75) is 13.5 Å². The third-order valence-electron chi connectivity index (χ3n) is 3.23. The van der Waals surface area contributed by atoms with Crippen molar-refractivity contribution >= 4 is 28.4 Å². The molecule has 5 heteroatoms. The molecule has 0 saturated heterocycles. The molecule has 4 nitrogen and oxygen atoms in total. The van der Waals surface area contributed by atoms with Gasteiger partial charge in [0.05, 0.1) is 12.1 Å². The third-order valence-corrected chi connectivity index (χ3v) is 3.58. The first-order valence-corrected chi connectivity index (χ1v) is 6.56. The number of halogens is 1. The highest BCUT2D eigenvalue weighted by molar-refractivity contribution is 6.31. The fraction of sp³-hybridized carbons (Fsp3) is 0.133. The van der Waals surface area contributed by atoms with Crippen LogP contribution in [-0.4, -0.2) is 4.57 Å². The number of nitrogen functional groups attached to an aromatic ring is 1. The molecule has 0 saturated carbocycles. The van der Waals surface area contributed by atoms with Gasteiger partial charge >= 0.3 is 5.76 Å². The van der Waals surface area contributed by atoms with Gasteiger partial charge in [-0.3, -0.25) is 4.57 Å². The maximum absolute atomic E-state index is 11.9. The van der Waals surface area contributed by atoms with Crippen molar-refractivity contribution in [3.8, 4) is 0 Å². The number of fused-ring (bicyclic) bond motifs is 1. The highest BCUT2D eigenvalue weighted by Gasteiger charge is 2.11. The highest BCUT2D eigenvalue weighted by atomic mass is 35.5. The lowest BCUT2D eigenvalue weighted by Crippen LogP contribution is -2.15. The maximum atomic E-state index is 11.9. The lowest BCUT2D eigenvalue weighted by Gasteiger charge is -2.06. The summed E-state index contributed by atoms with van der Waals surface area (Å²) in [5.41, 5.74) is 9.39. The second-order valence-electron chi connectivity index (χ2n) is 4.78. The average Bonchev–Trinajstić information content (AvgIpc) is 2.68. The summed E-state index contributed by atoms with van der Waals surface area (Å²) in [6.45, 7) is 2.34. The molecule has 0 radical (unpaired) electrons. The monoisotopic (exact) mass is 288 g/mol. The fourth-order valence-electron chi connectivity index (χ4n) is 2.18. The summed E-state index contributed by atoms with van der Waals surface area (Å²) in [7, 11) is 0. The van der Waals surface area contributed by atoms with Gasteiger partial charge in [0.15, 0.2) is 5.58 Å². The predicted molar refractivity (Wildman–Crippen MR) is 80.2 cm³/mol. The first kappa shape index (κ1) is 12.8. The van der Waals surface area contributed by atoms with E-state index in [4.69, 9.17) is 21.8 Å². The average molecular weight is 289 g/mol. The van der Waals surface area contributed by atoms with Gasteiger partial charge in [-0.1, -0.05) is 23.7 Å². The van der Waals surface area contributed by atoms with Gasteiger partial charge in [-0.15, -0.1) is 0 Å². The summed E-state index contributed by atoms with van der Waals surface area (Å²) in [4.78, 5) is 11.9. The number of hydrogen-bond donors (Lipinski definition) is 1. The molecule has 1 aromatic heterocycles. The Morgan fingerprint density at radius 3 is 2.80 bits per heavy atom. The number of anilines is 1. The van der Waals surface area contributed by atoms with Crippen LogP contribution in [0.5, 0.6) is 0 Å². The molecule has 0 bridgehead atoms. The Kier molecular flexibility index (Phi) is 3.03. The van der Waals surface area contributed by atoms with Gasteiger partial charge < -0.3 is 10.2 Å². The van der Waals surface area contributed by atoms with Crippen molar-refractivity contribution in [2.24, 2.45) is 0 Å². The van der Waals surface area contributed by atoms with E-state index in [1.54, 1.807) is 22.8 Å². The number of aromatic nitrogens is 1. The number of oxazole rings is 1. The van der Waals surface area contributed by atoms with Crippen LogP contribution in [0.4, 0.5) is 5.69 Å². The van der Waals surface area contributed by atoms with Gasteiger partial charge in [0.2, 0.25) is 0 Å². The SMILES string of the molecule is Cc1ccc(Cn2c(=O)oc3cc(N)ccc32)c(Cl)c1. The summed E-state index contributed by atoms with van der Waals surface area (Å²) >= 11 is 6.21. The van der Waals surface area contributed by atoms with Crippen LogP contribution in [-0.2, 0) is 6.54 Å². The molecule has 0 atom stereocenters. The molecule has 0 unspecified atom stereocenters. The second-order valence-corrected chi connectivity index (χ2v) is 5.18. The first-order valence-electron chi connectivity index (χ1n) is 6.18. The molecule has 0 amide bonds. The summed E-state index contributed by atoms with van der Waals surface area (Å²) in [5, 5.41) is 0.640. The topological polar surface area (TPSA) is 61.2 Å². The number of aryl methyl sites for hydroxylation is 1. The Morgan fingerprint density at radius 1 is 1.25 bits per heavy atom. The minimum atomic E-state index is -0.415. The van der Waals surface area contributed by atoms with Gasteiger partial charge in [0.25, 0.3) is 0 Å². The largest absolute Gasteiger partial charge is 0.420 e. The molecule has 0 aliphatic carbocycles. The van der Waals surface area contributed by atoms with Crippen molar-refractivity contribution in [3.05, 3.63) is 63.1 Å². The molecule has 20 heavy (non-hydrogen) atoms. The van der Waals surface area contributed by atoms with E-state index in [9.17, 15) is 4.79 Å². The van der Waals surface area contributed by atoms with E-state index in [2.05, 4.69) is 0 Å². The van der Waals surface area contributed by atoms with Crippen LogP contribution in [0.1, 0.15) is 11.1 Å². The Balaban J connectivity index is 2.11. The van der Waals surface area contributed by atoms with E-state index in [1.807, 2.05) is 25.1 Å². The van der Waals surface area contributed by atoms with Crippen LogP contribution in [0.2, 0.25) is 5.02 Å².